The molecule has 3 rings (SSSR count). The van der Waals surface area contributed by atoms with Gasteiger partial charge in [-0.3, -0.25) is 4.99 Å². The van der Waals surface area contributed by atoms with Crippen molar-refractivity contribution in [3.05, 3.63) is 52.0 Å². The van der Waals surface area contributed by atoms with Crippen molar-refractivity contribution >= 4 is 22.9 Å². The van der Waals surface area contributed by atoms with E-state index in [1.165, 1.54) is 11.1 Å². The van der Waals surface area contributed by atoms with E-state index in [2.05, 4.69) is 43.8 Å². The third-order valence-corrected chi connectivity index (χ3v) is 5.19. The summed E-state index contributed by atoms with van der Waals surface area (Å²) in [6.07, 6.45) is 3.27. The second-order valence-corrected chi connectivity index (χ2v) is 6.88. The fourth-order valence-corrected chi connectivity index (χ4v) is 3.63. The molecule has 0 fully saturated rings. The standard InChI is InChI=1S/C19H24N4OS/c1-14-13-25-18(22-14)12-21-19(20-2)23-9-7-15(8-10-23)16-5-4-6-17(11-16)24-3/h4-7,11,13H,8-10,12H2,1-3H3,(H,20,21). The minimum atomic E-state index is 0.716. The van der Waals surface area contributed by atoms with Crippen LogP contribution >= 0.6 is 11.3 Å². The highest BCUT2D eigenvalue weighted by atomic mass is 32.1. The van der Waals surface area contributed by atoms with Crippen molar-refractivity contribution in [2.45, 2.75) is 19.9 Å². The molecular weight excluding hydrogens is 332 g/mol. The minimum Gasteiger partial charge on any atom is -0.497 e. The van der Waals surface area contributed by atoms with E-state index in [0.29, 0.717) is 6.54 Å². The van der Waals surface area contributed by atoms with Gasteiger partial charge in [0.2, 0.25) is 0 Å². The van der Waals surface area contributed by atoms with E-state index in [0.717, 1.165) is 41.9 Å². The number of guanidine groups is 1. The van der Waals surface area contributed by atoms with Crippen LogP contribution in [0.25, 0.3) is 5.57 Å². The van der Waals surface area contributed by atoms with Crippen LogP contribution in [0.3, 0.4) is 0 Å². The Morgan fingerprint density at radius 1 is 1.44 bits per heavy atom. The van der Waals surface area contributed by atoms with Gasteiger partial charge in [-0.2, -0.15) is 0 Å². The van der Waals surface area contributed by atoms with Crippen LogP contribution in [0.1, 0.15) is 22.7 Å². The van der Waals surface area contributed by atoms with Crippen LogP contribution in [-0.4, -0.2) is 43.1 Å². The number of rotatable bonds is 4. The van der Waals surface area contributed by atoms with Crippen LogP contribution in [0.4, 0.5) is 0 Å². The number of methoxy groups -OCH3 is 1. The maximum atomic E-state index is 5.33. The fraction of sp³-hybridized carbons (Fsp3) is 0.368. The van der Waals surface area contributed by atoms with E-state index in [1.807, 2.05) is 26.1 Å². The summed E-state index contributed by atoms with van der Waals surface area (Å²) in [6.45, 7) is 4.53. The number of hydrogen-bond acceptors (Lipinski definition) is 4. The zero-order valence-electron chi connectivity index (χ0n) is 15.0. The van der Waals surface area contributed by atoms with Gasteiger partial charge in [0, 0.05) is 31.2 Å². The fourth-order valence-electron chi connectivity index (χ4n) is 2.92. The van der Waals surface area contributed by atoms with Crippen LogP contribution in [-0.2, 0) is 6.54 Å². The van der Waals surface area contributed by atoms with Crippen molar-refractivity contribution in [3.63, 3.8) is 0 Å². The molecule has 5 nitrogen and oxygen atoms in total. The van der Waals surface area contributed by atoms with Gasteiger partial charge in [-0.1, -0.05) is 18.2 Å². The molecule has 1 aliphatic rings. The molecule has 132 valence electrons. The molecule has 0 aliphatic carbocycles. The molecule has 25 heavy (non-hydrogen) atoms. The Hall–Kier alpha value is -2.34. The lowest BCUT2D eigenvalue weighted by atomic mass is 9.99. The summed E-state index contributed by atoms with van der Waals surface area (Å²) in [6, 6.07) is 8.25. The molecule has 0 saturated carbocycles. The number of nitrogens with zero attached hydrogens (tertiary/aromatic N) is 3. The summed E-state index contributed by atoms with van der Waals surface area (Å²) in [5, 5.41) is 6.58. The highest BCUT2D eigenvalue weighted by Crippen LogP contribution is 2.25. The highest BCUT2D eigenvalue weighted by Gasteiger charge is 2.16. The Balaban J connectivity index is 1.62. The molecule has 2 aromatic rings. The molecule has 0 spiro atoms. The number of aromatic nitrogens is 1. The van der Waals surface area contributed by atoms with E-state index in [1.54, 1.807) is 18.4 Å². The molecule has 0 atom stereocenters. The number of aryl methyl sites for hydroxylation is 1. The third-order valence-electron chi connectivity index (χ3n) is 4.23. The van der Waals surface area contributed by atoms with E-state index in [4.69, 9.17) is 4.74 Å². The number of nitrogens with one attached hydrogen (secondary N) is 1. The van der Waals surface area contributed by atoms with E-state index in [9.17, 15) is 0 Å². The zero-order valence-corrected chi connectivity index (χ0v) is 15.8. The van der Waals surface area contributed by atoms with Crippen LogP contribution in [0.5, 0.6) is 5.75 Å². The molecule has 1 aromatic heterocycles. The molecule has 0 bridgehead atoms. The first-order valence-corrected chi connectivity index (χ1v) is 9.27. The summed E-state index contributed by atoms with van der Waals surface area (Å²) in [5.41, 5.74) is 3.67. The molecular formula is C19H24N4OS. The first kappa shape index (κ1) is 17.5. The van der Waals surface area contributed by atoms with Crippen molar-refractivity contribution in [2.75, 3.05) is 27.2 Å². The second-order valence-electron chi connectivity index (χ2n) is 5.94. The van der Waals surface area contributed by atoms with Crippen molar-refractivity contribution in [2.24, 2.45) is 4.99 Å². The highest BCUT2D eigenvalue weighted by molar-refractivity contribution is 7.09. The van der Waals surface area contributed by atoms with Gasteiger partial charge in [0.25, 0.3) is 0 Å². The SMILES string of the molecule is CN=C(NCc1nc(C)cs1)N1CC=C(c2cccc(OC)c2)CC1. The first-order valence-electron chi connectivity index (χ1n) is 8.39. The average Bonchev–Trinajstić information content (AvgIpc) is 3.08. The number of thiazole rings is 1. The van der Waals surface area contributed by atoms with Gasteiger partial charge in [0.15, 0.2) is 5.96 Å². The summed E-state index contributed by atoms with van der Waals surface area (Å²) < 4.78 is 5.33. The average molecular weight is 356 g/mol. The van der Waals surface area contributed by atoms with E-state index in [-0.39, 0.29) is 0 Å². The Bertz CT molecular complexity index is 781. The van der Waals surface area contributed by atoms with Crippen LogP contribution in [0.15, 0.2) is 40.7 Å². The lowest BCUT2D eigenvalue weighted by Crippen LogP contribution is -2.43. The van der Waals surface area contributed by atoms with Gasteiger partial charge in [-0.25, -0.2) is 4.98 Å². The molecule has 1 N–H and O–H groups in total. The predicted molar refractivity (Wildman–Crippen MR) is 104 cm³/mol. The summed E-state index contributed by atoms with van der Waals surface area (Å²) in [7, 11) is 3.53. The van der Waals surface area contributed by atoms with Crippen LogP contribution in [0.2, 0.25) is 0 Å². The minimum absolute atomic E-state index is 0.716. The Morgan fingerprint density at radius 3 is 2.96 bits per heavy atom. The lowest BCUT2D eigenvalue weighted by molar-refractivity contribution is 0.414. The number of benzene rings is 1. The van der Waals surface area contributed by atoms with Gasteiger partial charge in [0.05, 0.1) is 13.7 Å². The second kappa shape index (κ2) is 8.16. The molecule has 1 aromatic carbocycles. The maximum Gasteiger partial charge on any atom is 0.194 e. The van der Waals surface area contributed by atoms with E-state index < -0.39 is 0 Å². The lowest BCUT2D eigenvalue weighted by Gasteiger charge is -2.29. The largest absolute Gasteiger partial charge is 0.497 e. The molecule has 0 saturated heterocycles. The number of aliphatic imine (C=N–C) groups is 1. The van der Waals surface area contributed by atoms with Gasteiger partial charge in [-0.15, -0.1) is 11.3 Å². The predicted octanol–water partition coefficient (Wildman–Crippen LogP) is 3.32. The molecule has 1 aliphatic heterocycles. The van der Waals surface area contributed by atoms with Gasteiger partial charge >= 0.3 is 0 Å². The van der Waals surface area contributed by atoms with E-state index >= 15 is 0 Å². The molecule has 0 amide bonds. The first-order chi connectivity index (χ1) is 12.2. The summed E-state index contributed by atoms with van der Waals surface area (Å²) in [4.78, 5) is 11.2. The van der Waals surface area contributed by atoms with Crippen LogP contribution in [0, 0.1) is 6.92 Å². The summed E-state index contributed by atoms with van der Waals surface area (Å²) in [5.74, 6) is 1.82. The Kier molecular flexibility index (Phi) is 5.71. The van der Waals surface area contributed by atoms with Gasteiger partial charge in [0.1, 0.15) is 10.8 Å². The number of ether oxygens (including phenoxy) is 1. The zero-order chi connectivity index (χ0) is 17.6. The molecule has 0 radical (unpaired) electrons. The summed E-state index contributed by atoms with van der Waals surface area (Å²) >= 11 is 1.68. The maximum absolute atomic E-state index is 5.33. The van der Waals surface area contributed by atoms with Gasteiger partial charge in [-0.05, 0) is 36.6 Å². The van der Waals surface area contributed by atoms with Crippen molar-refractivity contribution in [1.29, 1.82) is 0 Å². The number of hydrogen-bond donors (Lipinski definition) is 1. The molecule has 0 unspecified atom stereocenters. The molecule has 2 heterocycles. The molecule has 6 heteroatoms. The van der Waals surface area contributed by atoms with Gasteiger partial charge < -0.3 is 15.0 Å². The monoisotopic (exact) mass is 356 g/mol. The third kappa shape index (κ3) is 4.39. The van der Waals surface area contributed by atoms with Crippen LogP contribution < -0.4 is 10.1 Å². The quantitative estimate of drug-likeness (QED) is 0.674. The smallest absolute Gasteiger partial charge is 0.194 e. The van der Waals surface area contributed by atoms with Crippen molar-refractivity contribution in [3.8, 4) is 5.75 Å². The topological polar surface area (TPSA) is 49.8 Å². The Labute approximate surface area is 153 Å². The van der Waals surface area contributed by atoms with Crippen molar-refractivity contribution < 1.29 is 4.74 Å². The Morgan fingerprint density at radius 2 is 2.32 bits per heavy atom. The van der Waals surface area contributed by atoms with Crippen molar-refractivity contribution in [1.82, 2.24) is 15.2 Å². The normalized spacial score (nSPS) is 15.1.